The molecule has 20 heavy (non-hydrogen) atoms. The van der Waals surface area contributed by atoms with Gasteiger partial charge in [0.25, 0.3) is 0 Å². The maximum Gasteiger partial charge on any atom is 0.317 e. The lowest BCUT2D eigenvalue weighted by atomic mass is 10.0. The van der Waals surface area contributed by atoms with Crippen LogP contribution in [0.4, 0.5) is 0 Å². The van der Waals surface area contributed by atoms with Crippen molar-refractivity contribution >= 4 is 11.9 Å². The Morgan fingerprint density at radius 2 is 2.15 bits per heavy atom. The molecule has 0 radical (unpaired) electrons. The minimum atomic E-state index is -0.931. The van der Waals surface area contributed by atoms with Crippen LogP contribution >= 0.6 is 0 Å². The van der Waals surface area contributed by atoms with Crippen molar-refractivity contribution in [2.45, 2.75) is 32.6 Å². The zero-order valence-electron chi connectivity index (χ0n) is 12.2. The number of carboxylic acids is 1. The van der Waals surface area contributed by atoms with Crippen molar-refractivity contribution < 1.29 is 14.7 Å². The van der Waals surface area contributed by atoms with Crippen molar-refractivity contribution in [3.05, 3.63) is 24.4 Å². The molecule has 0 aliphatic heterocycles. The molecule has 0 spiro atoms. The first-order chi connectivity index (χ1) is 9.58. The zero-order chi connectivity index (χ0) is 15.0. The van der Waals surface area contributed by atoms with Crippen LogP contribution in [-0.4, -0.2) is 53.0 Å². The smallest absolute Gasteiger partial charge is 0.317 e. The van der Waals surface area contributed by atoms with E-state index < -0.39 is 5.97 Å². The molecule has 0 bridgehead atoms. The second kappa shape index (κ2) is 8.53. The van der Waals surface area contributed by atoms with Gasteiger partial charge in [-0.25, -0.2) is 0 Å². The van der Waals surface area contributed by atoms with Gasteiger partial charge in [0.1, 0.15) is 0 Å². The van der Waals surface area contributed by atoms with Gasteiger partial charge in [-0.3, -0.25) is 14.5 Å². The van der Waals surface area contributed by atoms with Gasteiger partial charge < -0.3 is 10.0 Å². The van der Waals surface area contributed by atoms with Crippen LogP contribution in [0.25, 0.3) is 0 Å². The molecule has 112 valence electrons. The molecule has 0 aromatic rings. The van der Waals surface area contributed by atoms with Gasteiger partial charge in [-0.1, -0.05) is 12.2 Å². The number of carbonyl (C=O) groups excluding carboxylic acids is 1. The van der Waals surface area contributed by atoms with Gasteiger partial charge in [0.15, 0.2) is 0 Å². The van der Waals surface area contributed by atoms with Crippen LogP contribution < -0.4 is 0 Å². The van der Waals surface area contributed by atoms with E-state index in [0.29, 0.717) is 13.1 Å². The summed E-state index contributed by atoms with van der Waals surface area (Å²) in [6, 6.07) is 0. The SMILES string of the molecule is C=CCN(CC(=O)O)CC(=O)N(CC)C1=CCCCC1. The number of nitrogens with zero attached hydrogens (tertiary/aromatic N) is 2. The van der Waals surface area contributed by atoms with E-state index in [1.807, 2.05) is 6.92 Å². The summed E-state index contributed by atoms with van der Waals surface area (Å²) in [6.45, 7) is 6.54. The molecule has 5 heteroatoms. The van der Waals surface area contributed by atoms with E-state index in [1.54, 1.807) is 15.9 Å². The fraction of sp³-hybridized carbons (Fsp3) is 0.600. The molecule has 0 saturated carbocycles. The second-order valence-corrected chi connectivity index (χ2v) is 4.93. The Hall–Kier alpha value is -1.62. The van der Waals surface area contributed by atoms with Crippen LogP contribution in [0.2, 0.25) is 0 Å². The number of hydrogen-bond acceptors (Lipinski definition) is 3. The van der Waals surface area contributed by atoms with Crippen molar-refractivity contribution in [3.63, 3.8) is 0 Å². The normalized spacial score (nSPS) is 14.8. The number of hydrogen-bond donors (Lipinski definition) is 1. The molecule has 0 atom stereocenters. The average Bonchev–Trinajstić information content (AvgIpc) is 2.40. The minimum absolute atomic E-state index is 0.0382. The third-order valence-corrected chi connectivity index (χ3v) is 3.34. The van der Waals surface area contributed by atoms with Crippen molar-refractivity contribution in [2.24, 2.45) is 0 Å². The number of allylic oxidation sites excluding steroid dienone is 2. The van der Waals surface area contributed by atoms with Crippen molar-refractivity contribution in [1.82, 2.24) is 9.80 Å². The number of likely N-dealkylation sites (N-methyl/N-ethyl adjacent to an activating group) is 1. The molecule has 1 rings (SSSR count). The molecule has 1 aliphatic rings. The van der Waals surface area contributed by atoms with Crippen LogP contribution in [-0.2, 0) is 9.59 Å². The summed E-state index contributed by atoms with van der Waals surface area (Å²) in [6.07, 6.45) is 7.98. The van der Waals surface area contributed by atoms with Gasteiger partial charge in [0.2, 0.25) is 5.91 Å². The van der Waals surface area contributed by atoms with Gasteiger partial charge in [0.05, 0.1) is 13.1 Å². The van der Waals surface area contributed by atoms with E-state index in [2.05, 4.69) is 12.7 Å². The van der Waals surface area contributed by atoms with Gasteiger partial charge in [0, 0.05) is 18.8 Å². The second-order valence-electron chi connectivity index (χ2n) is 4.93. The number of aliphatic carboxylic acids is 1. The molecule has 5 nitrogen and oxygen atoms in total. The van der Waals surface area contributed by atoms with Crippen LogP contribution in [0.5, 0.6) is 0 Å². The van der Waals surface area contributed by atoms with Crippen LogP contribution in [0.15, 0.2) is 24.4 Å². The fourth-order valence-corrected chi connectivity index (χ4v) is 2.44. The first-order valence-corrected chi connectivity index (χ1v) is 7.13. The summed E-state index contributed by atoms with van der Waals surface area (Å²) < 4.78 is 0. The van der Waals surface area contributed by atoms with Gasteiger partial charge >= 0.3 is 5.97 Å². The highest BCUT2D eigenvalue weighted by Gasteiger charge is 2.20. The summed E-state index contributed by atoms with van der Waals surface area (Å²) in [5, 5.41) is 8.86. The summed E-state index contributed by atoms with van der Waals surface area (Å²) in [5.41, 5.74) is 1.08. The highest BCUT2D eigenvalue weighted by Crippen LogP contribution is 2.21. The lowest BCUT2D eigenvalue weighted by molar-refractivity contribution is -0.139. The summed E-state index contributed by atoms with van der Waals surface area (Å²) in [4.78, 5) is 26.5. The molecule has 0 aromatic heterocycles. The number of carboxylic acid groups (broad SMARTS) is 1. The van der Waals surface area contributed by atoms with Gasteiger partial charge in [-0.05, 0) is 32.6 Å². The predicted molar refractivity (Wildman–Crippen MR) is 78.2 cm³/mol. The lowest BCUT2D eigenvalue weighted by Crippen LogP contribution is -2.42. The van der Waals surface area contributed by atoms with E-state index in [0.717, 1.165) is 25.0 Å². The molecular formula is C15H24N2O3. The average molecular weight is 280 g/mol. The first kappa shape index (κ1) is 16.4. The molecule has 1 aliphatic carbocycles. The minimum Gasteiger partial charge on any atom is -0.480 e. The first-order valence-electron chi connectivity index (χ1n) is 7.13. The number of carbonyl (C=O) groups is 2. The summed E-state index contributed by atoms with van der Waals surface area (Å²) in [5.74, 6) is -0.969. The molecule has 0 fully saturated rings. The largest absolute Gasteiger partial charge is 0.480 e. The standard InChI is InChI=1S/C15H24N2O3/c1-3-10-16(12-15(19)20)11-14(18)17(4-2)13-8-6-5-7-9-13/h3,8H,1,4-7,9-12H2,2H3,(H,19,20). The van der Waals surface area contributed by atoms with Gasteiger partial charge in [-0.15, -0.1) is 6.58 Å². The predicted octanol–water partition coefficient (Wildman–Crippen LogP) is 1.87. The van der Waals surface area contributed by atoms with Crippen LogP contribution in [0.3, 0.4) is 0 Å². The summed E-state index contributed by atoms with van der Waals surface area (Å²) >= 11 is 0. The van der Waals surface area contributed by atoms with Crippen molar-refractivity contribution in [3.8, 4) is 0 Å². The van der Waals surface area contributed by atoms with Gasteiger partial charge in [-0.2, -0.15) is 0 Å². The Labute approximate surface area is 120 Å². The highest BCUT2D eigenvalue weighted by atomic mass is 16.4. The Balaban J connectivity index is 2.66. The zero-order valence-corrected chi connectivity index (χ0v) is 12.2. The topological polar surface area (TPSA) is 60.9 Å². The third-order valence-electron chi connectivity index (χ3n) is 3.34. The molecule has 0 aromatic carbocycles. The third kappa shape index (κ3) is 5.17. The molecule has 0 heterocycles. The van der Waals surface area contributed by atoms with E-state index >= 15 is 0 Å². The molecule has 1 N–H and O–H groups in total. The van der Waals surface area contributed by atoms with E-state index in [4.69, 9.17) is 5.11 Å². The highest BCUT2D eigenvalue weighted by molar-refractivity contribution is 5.80. The maximum atomic E-state index is 12.4. The molecule has 0 saturated heterocycles. The van der Waals surface area contributed by atoms with Crippen molar-refractivity contribution in [1.29, 1.82) is 0 Å². The maximum absolute atomic E-state index is 12.4. The molecule has 0 unspecified atom stereocenters. The quantitative estimate of drug-likeness (QED) is 0.689. The fourth-order valence-electron chi connectivity index (χ4n) is 2.44. The Bertz CT molecular complexity index is 391. The van der Waals surface area contributed by atoms with Crippen LogP contribution in [0, 0.1) is 0 Å². The number of amides is 1. The molecular weight excluding hydrogens is 256 g/mol. The van der Waals surface area contributed by atoms with Crippen molar-refractivity contribution in [2.75, 3.05) is 26.2 Å². The Morgan fingerprint density at radius 1 is 1.40 bits per heavy atom. The monoisotopic (exact) mass is 280 g/mol. The van der Waals surface area contributed by atoms with Crippen LogP contribution in [0.1, 0.15) is 32.6 Å². The Morgan fingerprint density at radius 3 is 2.65 bits per heavy atom. The summed E-state index contributed by atoms with van der Waals surface area (Å²) in [7, 11) is 0. The molecule has 1 amide bonds. The van der Waals surface area contributed by atoms with E-state index in [-0.39, 0.29) is 19.0 Å². The number of rotatable bonds is 8. The van der Waals surface area contributed by atoms with E-state index in [9.17, 15) is 9.59 Å². The Kier molecular flexibility index (Phi) is 7.01. The lowest BCUT2D eigenvalue weighted by Gasteiger charge is -2.28. The van der Waals surface area contributed by atoms with E-state index in [1.165, 1.54) is 6.42 Å².